The summed E-state index contributed by atoms with van der Waals surface area (Å²) in [5.41, 5.74) is 3.56. The Kier molecular flexibility index (Phi) is 3.67. The summed E-state index contributed by atoms with van der Waals surface area (Å²) in [6.07, 6.45) is 1.79. The number of halogens is 1. The van der Waals surface area contributed by atoms with Crippen molar-refractivity contribution in [1.29, 1.82) is 0 Å². The molecule has 0 aliphatic carbocycles. The molecule has 3 aromatic rings. The molecule has 0 saturated carbocycles. The van der Waals surface area contributed by atoms with Crippen molar-refractivity contribution in [2.45, 2.75) is 13.0 Å². The molecule has 1 atom stereocenters. The van der Waals surface area contributed by atoms with Gasteiger partial charge in [-0.2, -0.15) is 0 Å². The minimum absolute atomic E-state index is 0.0845. The Bertz CT molecular complexity index is 778. The maximum absolute atomic E-state index is 13.9. The summed E-state index contributed by atoms with van der Waals surface area (Å²) in [7, 11) is 1.88. The zero-order valence-corrected chi connectivity index (χ0v) is 12.1. The van der Waals surface area contributed by atoms with E-state index in [9.17, 15) is 4.39 Å². The monoisotopic (exact) mass is 280 g/mol. The molecule has 0 aliphatic rings. The van der Waals surface area contributed by atoms with Gasteiger partial charge in [-0.1, -0.05) is 36.4 Å². The van der Waals surface area contributed by atoms with Gasteiger partial charge in [0, 0.05) is 11.6 Å². The Morgan fingerprint density at radius 3 is 2.67 bits per heavy atom. The van der Waals surface area contributed by atoms with E-state index in [2.05, 4.69) is 10.3 Å². The average molecular weight is 280 g/mol. The van der Waals surface area contributed by atoms with Crippen LogP contribution in [0.15, 0.2) is 54.7 Å². The Morgan fingerprint density at radius 2 is 1.90 bits per heavy atom. The van der Waals surface area contributed by atoms with Gasteiger partial charge < -0.3 is 5.32 Å². The smallest absolute Gasteiger partial charge is 0.126 e. The molecule has 0 bridgehead atoms. The molecule has 0 aliphatic heterocycles. The quantitative estimate of drug-likeness (QED) is 0.784. The highest BCUT2D eigenvalue weighted by Gasteiger charge is 2.16. The Morgan fingerprint density at radius 1 is 1.10 bits per heavy atom. The van der Waals surface area contributed by atoms with E-state index in [4.69, 9.17) is 0 Å². The number of para-hydroxylation sites is 1. The first-order chi connectivity index (χ1) is 10.2. The van der Waals surface area contributed by atoms with Gasteiger partial charge in [-0.25, -0.2) is 4.39 Å². The van der Waals surface area contributed by atoms with E-state index < -0.39 is 0 Å². The normalized spacial score (nSPS) is 12.5. The van der Waals surface area contributed by atoms with Gasteiger partial charge in [0.15, 0.2) is 0 Å². The number of aryl methyl sites for hydroxylation is 1. The molecule has 1 heterocycles. The zero-order chi connectivity index (χ0) is 14.8. The Balaban J connectivity index is 2.16. The van der Waals surface area contributed by atoms with Crippen molar-refractivity contribution in [2.75, 3.05) is 7.05 Å². The van der Waals surface area contributed by atoms with Crippen molar-refractivity contribution >= 4 is 10.9 Å². The summed E-state index contributed by atoms with van der Waals surface area (Å²) in [4.78, 5) is 4.48. The molecule has 0 spiro atoms. The molecule has 1 N–H and O–H groups in total. The lowest BCUT2D eigenvalue weighted by atomic mass is 9.95. The average Bonchev–Trinajstić information content (AvgIpc) is 2.52. The molecule has 2 nitrogen and oxygen atoms in total. The summed E-state index contributed by atoms with van der Waals surface area (Å²) in [6, 6.07) is 15.3. The lowest BCUT2D eigenvalue weighted by molar-refractivity contribution is 0.608. The standard InChI is InChI=1S/C18H17FN2/c1-12-8-9-14(11-16(12)19)17(20-2)15-7-3-5-13-6-4-10-21-18(13)15/h3-11,17,20H,1-2H3. The van der Waals surface area contributed by atoms with E-state index in [1.165, 1.54) is 0 Å². The van der Waals surface area contributed by atoms with E-state index in [-0.39, 0.29) is 11.9 Å². The first-order valence-corrected chi connectivity index (χ1v) is 6.97. The number of hydrogen-bond donors (Lipinski definition) is 1. The number of hydrogen-bond acceptors (Lipinski definition) is 2. The van der Waals surface area contributed by atoms with Crippen LogP contribution in [0.25, 0.3) is 10.9 Å². The third-order valence-corrected chi connectivity index (χ3v) is 3.79. The third kappa shape index (κ3) is 2.52. The highest BCUT2D eigenvalue weighted by molar-refractivity contribution is 5.82. The van der Waals surface area contributed by atoms with Crippen LogP contribution in [0, 0.1) is 12.7 Å². The fourth-order valence-corrected chi connectivity index (χ4v) is 2.65. The summed E-state index contributed by atoms with van der Waals surface area (Å²) in [5, 5.41) is 4.35. The van der Waals surface area contributed by atoms with E-state index in [1.54, 1.807) is 19.2 Å². The van der Waals surface area contributed by atoms with E-state index in [0.29, 0.717) is 5.56 Å². The number of nitrogens with zero attached hydrogens (tertiary/aromatic N) is 1. The van der Waals surface area contributed by atoms with Crippen LogP contribution in [-0.2, 0) is 0 Å². The van der Waals surface area contributed by atoms with Crippen molar-refractivity contribution in [1.82, 2.24) is 10.3 Å². The molecular formula is C18H17FN2. The lowest BCUT2D eigenvalue weighted by Gasteiger charge is -2.19. The van der Waals surface area contributed by atoms with Crippen LogP contribution in [0.5, 0.6) is 0 Å². The number of benzene rings is 2. The van der Waals surface area contributed by atoms with Crippen LogP contribution in [0.4, 0.5) is 4.39 Å². The topological polar surface area (TPSA) is 24.9 Å². The molecule has 0 radical (unpaired) electrons. The molecule has 0 fully saturated rings. The first-order valence-electron chi connectivity index (χ1n) is 6.97. The largest absolute Gasteiger partial charge is 0.309 e. The van der Waals surface area contributed by atoms with Crippen molar-refractivity contribution in [2.24, 2.45) is 0 Å². The minimum atomic E-state index is -0.180. The molecule has 106 valence electrons. The number of aromatic nitrogens is 1. The van der Waals surface area contributed by atoms with Crippen molar-refractivity contribution in [3.63, 3.8) is 0 Å². The van der Waals surface area contributed by atoms with E-state index >= 15 is 0 Å². The Labute approximate surface area is 123 Å². The second-order valence-electron chi connectivity index (χ2n) is 5.15. The minimum Gasteiger partial charge on any atom is -0.309 e. The lowest BCUT2D eigenvalue weighted by Crippen LogP contribution is -2.18. The summed E-state index contributed by atoms with van der Waals surface area (Å²) >= 11 is 0. The maximum Gasteiger partial charge on any atom is 0.126 e. The molecule has 0 saturated heterocycles. The molecular weight excluding hydrogens is 263 g/mol. The summed E-state index contributed by atoms with van der Waals surface area (Å²) in [6.45, 7) is 1.77. The van der Waals surface area contributed by atoms with Gasteiger partial charge in [-0.3, -0.25) is 4.98 Å². The van der Waals surface area contributed by atoms with Crippen molar-refractivity contribution < 1.29 is 4.39 Å². The van der Waals surface area contributed by atoms with Crippen LogP contribution in [-0.4, -0.2) is 12.0 Å². The number of fused-ring (bicyclic) bond motifs is 1. The van der Waals surface area contributed by atoms with Crippen LogP contribution in [0.2, 0.25) is 0 Å². The summed E-state index contributed by atoms with van der Waals surface area (Å²) in [5.74, 6) is -0.180. The zero-order valence-electron chi connectivity index (χ0n) is 12.1. The van der Waals surface area contributed by atoms with Gasteiger partial charge in [0.25, 0.3) is 0 Å². The molecule has 3 rings (SSSR count). The van der Waals surface area contributed by atoms with Crippen molar-refractivity contribution in [3.05, 3.63) is 77.2 Å². The van der Waals surface area contributed by atoms with E-state index in [1.807, 2.05) is 49.5 Å². The number of nitrogens with one attached hydrogen (secondary N) is 1. The van der Waals surface area contributed by atoms with Crippen molar-refractivity contribution in [3.8, 4) is 0 Å². The van der Waals surface area contributed by atoms with Crippen LogP contribution >= 0.6 is 0 Å². The van der Waals surface area contributed by atoms with Crippen LogP contribution in [0.3, 0.4) is 0 Å². The second-order valence-corrected chi connectivity index (χ2v) is 5.15. The van der Waals surface area contributed by atoms with Gasteiger partial charge in [0.05, 0.1) is 11.6 Å². The van der Waals surface area contributed by atoms with Gasteiger partial charge in [-0.15, -0.1) is 0 Å². The van der Waals surface area contributed by atoms with E-state index in [0.717, 1.165) is 22.0 Å². The SMILES string of the molecule is CNC(c1ccc(C)c(F)c1)c1cccc2cccnc12. The molecule has 2 aromatic carbocycles. The van der Waals surface area contributed by atoms with Gasteiger partial charge in [-0.05, 0) is 42.8 Å². The fourth-order valence-electron chi connectivity index (χ4n) is 2.65. The Hall–Kier alpha value is -2.26. The predicted molar refractivity (Wildman–Crippen MR) is 83.8 cm³/mol. The predicted octanol–water partition coefficient (Wildman–Crippen LogP) is 3.99. The van der Waals surface area contributed by atoms with Gasteiger partial charge in [0.2, 0.25) is 0 Å². The first kappa shape index (κ1) is 13.7. The molecule has 1 unspecified atom stereocenters. The second kappa shape index (κ2) is 5.62. The van der Waals surface area contributed by atoms with Gasteiger partial charge >= 0.3 is 0 Å². The number of rotatable bonds is 3. The molecule has 0 amide bonds. The number of pyridine rings is 1. The highest BCUT2D eigenvalue weighted by atomic mass is 19.1. The molecule has 21 heavy (non-hydrogen) atoms. The molecule has 1 aromatic heterocycles. The summed E-state index contributed by atoms with van der Waals surface area (Å²) < 4.78 is 13.9. The van der Waals surface area contributed by atoms with Crippen LogP contribution in [0.1, 0.15) is 22.7 Å². The highest BCUT2D eigenvalue weighted by Crippen LogP contribution is 2.28. The maximum atomic E-state index is 13.9. The third-order valence-electron chi connectivity index (χ3n) is 3.79. The van der Waals surface area contributed by atoms with Gasteiger partial charge in [0.1, 0.15) is 5.82 Å². The fraction of sp³-hybridized carbons (Fsp3) is 0.167. The van der Waals surface area contributed by atoms with Crippen LogP contribution < -0.4 is 5.32 Å². The molecule has 3 heteroatoms.